The van der Waals surface area contributed by atoms with Crippen molar-refractivity contribution in [2.45, 2.75) is 76.4 Å². The number of hydrogen-bond acceptors (Lipinski definition) is 6. The van der Waals surface area contributed by atoms with E-state index in [9.17, 15) is 8.42 Å². The predicted octanol–water partition coefficient (Wildman–Crippen LogP) is 2.80. The zero-order valence-electron chi connectivity index (χ0n) is 18.8. The number of rotatable bonds is 14. The molecule has 1 aliphatic rings. The highest BCUT2D eigenvalue weighted by Gasteiger charge is 2.34. The van der Waals surface area contributed by atoms with Gasteiger partial charge in [-0.15, -0.1) is 0 Å². The molecule has 1 heterocycles. The van der Waals surface area contributed by atoms with Crippen molar-refractivity contribution in [2.75, 3.05) is 46.4 Å². The van der Waals surface area contributed by atoms with Gasteiger partial charge in [-0.05, 0) is 38.9 Å². The second-order valence-corrected chi connectivity index (χ2v) is 10.00. The Kier molecular flexibility index (Phi) is 10.1. The van der Waals surface area contributed by atoms with E-state index in [0.717, 1.165) is 77.1 Å². The molecule has 0 unspecified atom stereocenters. The van der Waals surface area contributed by atoms with Gasteiger partial charge in [-0.2, -0.15) is 0 Å². The monoisotopic (exact) mass is 428 g/mol. The molecule has 0 spiro atoms. The van der Waals surface area contributed by atoms with Crippen LogP contribution in [0.5, 0.6) is 0 Å². The van der Waals surface area contributed by atoms with Crippen LogP contribution in [0.1, 0.15) is 58.6 Å². The molecule has 7 nitrogen and oxygen atoms in total. The van der Waals surface area contributed by atoms with Crippen molar-refractivity contribution in [3.8, 4) is 0 Å². The lowest BCUT2D eigenvalue weighted by atomic mass is 10.3. The second-order valence-electron chi connectivity index (χ2n) is 7.88. The van der Waals surface area contributed by atoms with Crippen LogP contribution in [0.25, 0.3) is 0 Å². The first-order chi connectivity index (χ1) is 14.0. The molecule has 0 aliphatic heterocycles. The topological polar surface area (TPSA) is 67.7 Å². The van der Waals surface area contributed by atoms with E-state index in [1.165, 1.54) is 0 Å². The molecular weight excluding hydrogens is 388 g/mol. The SMILES string of the molecule is CCN(CC)CCN(CC)Cc1cnc(S(=O)(=O)C2CCCC2)n1CCCOC. The number of likely N-dealkylation sites (N-methyl/N-ethyl adjacent to an activating group) is 2. The van der Waals surface area contributed by atoms with E-state index >= 15 is 0 Å². The van der Waals surface area contributed by atoms with E-state index in [0.29, 0.717) is 13.2 Å². The van der Waals surface area contributed by atoms with Crippen molar-refractivity contribution in [1.29, 1.82) is 0 Å². The Hall–Kier alpha value is -0.960. The fourth-order valence-electron chi connectivity index (χ4n) is 4.10. The van der Waals surface area contributed by atoms with Crippen LogP contribution in [0.15, 0.2) is 11.4 Å². The first-order valence-electron chi connectivity index (χ1n) is 11.2. The largest absolute Gasteiger partial charge is 0.385 e. The van der Waals surface area contributed by atoms with Gasteiger partial charge in [0.25, 0.3) is 0 Å². The van der Waals surface area contributed by atoms with Crippen LogP contribution in [0.4, 0.5) is 0 Å². The number of aromatic nitrogens is 2. The van der Waals surface area contributed by atoms with Crippen molar-refractivity contribution < 1.29 is 13.2 Å². The third-order valence-electron chi connectivity index (χ3n) is 6.09. The van der Waals surface area contributed by atoms with E-state index in [1.54, 1.807) is 13.3 Å². The van der Waals surface area contributed by atoms with Gasteiger partial charge in [0, 0.05) is 39.9 Å². The third kappa shape index (κ3) is 6.51. The summed E-state index contributed by atoms with van der Waals surface area (Å²) in [5, 5.41) is -0.0147. The van der Waals surface area contributed by atoms with Gasteiger partial charge in [-0.25, -0.2) is 13.4 Å². The van der Waals surface area contributed by atoms with Crippen molar-refractivity contribution in [2.24, 2.45) is 0 Å². The molecule has 8 heteroatoms. The number of hydrogen-bond donors (Lipinski definition) is 0. The fourth-order valence-corrected chi connectivity index (χ4v) is 6.07. The molecular formula is C21H40N4O3S. The molecule has 0 saturated heterocycles. The fraction of sp³-hybridized carbons (Fsp3) is 0.857. The molecule has 0 N–H and O–H groups in total. The molecule has 2 rings (SSSR count). The molecule has 1 aliphatic carbocycles. The van der Waals surface area contributed by atoms with E-state index < -0.39 is 9.84 Å². The Morgan fingerprint density at radius 3 is 2.31 bits per heavy atom. The maximum atomic E-state index is 13.2. The molecule has 0 aromatic carbocycles. The maximum absolute atomic E-state index is 13.2. The Bertz CT molecular complexity index is 695. The van der Waals surface area contributed by atoms with Crippen molar-refractivity contribution in [1.82, 2.24) is 19.4 Å². The molecule has 1 aromatic heterocycles. The highest BCUT2D eigenvalue weighted by atomic mass is 32.2. The Morgan fingerprint density at radius 1 is 1.10 bits per heavy atom. The van der Waals surface area contributed by atoms with Crippen molar-refractivity contribution >= 4 is 9.84 Å². The number of methoxy groups -OCH3 is 1. The molecule has 29 heavy (non-hydrogen) atoms. The van der Waals surface area contributed by atoms with Gasteiger partial charge < -0.3 is 14.2 Å². The van der Waals surface area contributed by atoms with Crippen LogP contribution >= 0.6 is 0 Å². The summed E-state index contributed by atoms with van der Waals surface area (Å²) in [6.07, 6.45) is 6.06. The van der Waals surface area contributed by atoms with Crippen molar-refractivity contribution in [3.05, 3.63) is 11.9 Å². The number of imidazole rings is 1. The molecule has 0 atom stereocenters. The average Bonchev–Trinajstić information content (AvgIpc) is 3.39. The zero-order valence-corrected chi connectivity index (χ0v) is 19.6. The molecule has 0 amide bonds. The van der Waals surface area contributed by atoms with Crippen LogP contribution in [0, 0.1) is 0 Å². The van der Waals surface area contributed by atoms with Crippen LogP contribution in [-0.4, -0.2) is 79.5 Å². The van der Waals surface area contributed by atoms with Crippen LogP contribution in [0.2, 0.25) is 0 Å². The standard InChI is InChI=1S/C21H40N4O3S/c1-5-23(6-2)14-15-24(7-3)18-19-17-22-21(25(19)13-10-16-28-4)29(26,27)20-11-8-9-12-20/h17,20H,5-16,18H2,1-4H3. The lowest BCUT2D eigenvalue weighted by molar-refractivity contribution is 0.187. The summed E-state index contributed by atoms with van der Waals surface area (Å²) in [6, 6.07) is 0. The summed E-state index contributed by atoms with van der Waals surface area (Å²) in [7, 11) is -1.70. The summed E-state index contributed by atoms with van der Waals surface area (Å²) < 4.78 is 33.6. The number of sulfone groups is 1. The normalized spacial score (nSPS) is 15.8. The lowest BCUT2D eigenvalue weighted by Crippen LogP contribution is -2.35. The summed E-state index contributed by atoms with van der Waals surface area (Å²) >= 11 is 0. The molecule has 0 radical (unpaired) electrons. The smallest absolute Gasteiger partial charge is 0.228 e. The third-order valence-corrected chi connectivity index (χ3v) is 8.27. The minimum atomic E-state index is -3.38. The van der Waals surface area contributed by atoms with Gasteiger partial charge in [0.05, 0.1) is 17.1 Å². The molecule has 0 bridgehead atoms. The van der Waals surface area contributed by atoms with E-state index in [2.05, 4.69) is 35.6 Å². The first kappa shape index (κ1) is 24.3. The van der Waals surface area contributed by atoms with E-state index in [1.807, 2.05) is 4.57 Å². The molecule has 168 valence electrons. The molecule has 1 aromatic rings. The highest BCUT2D eigenvalue weighted by molar-refractivity contribution is 7.91. The Balaban J connectivity index is 2.20. The van der Waals surface area contributed by atoms with Crippen LogP contribution < -0.4 is 0 Å². The van der Waals surface area contributed by atoms with Gasteiger partial charge >= 0.3 is 0 Å². The van der Waals surface area contributed by atoms with Crippen LogP contribution in [-0.2, 0) is 27.7 Å². The highest BCUT2D eigenvalue weighted by Crippen LogP contribution is 2.29. The van der Waals surface area contributed by atoms with Gasteiger partial charge in [0.2, 0.25) is 15.0 Å². The van der Waals surface area contributed by atoms with E-state index in [-0.39, 0.29) is 10.4 Å². The second kappa shape index (κ2) is 12.0. The predicted molar refractivity (Wildman–Crippen MR) is 117 cm³/mol. The Morgan fingerprint density at radius 2 is 1.72 bits per heavy atom. The van der Waals surface area contributed by atoms with Crippen LogP contribution in [0.3, 0.4) is 0 Å². The minimum Gasteiger partial charge on any atom is -0.385 e. The van der Waals surface area contributed by atoms with Gasteiger partial charge in [0.15, 0.2) is 0 Å². The quantitative estimate of drug-likeness (QED) is 0.425. The molecule has 1 saturated carbocycles. The Labute approximate surface area is 177 Å². The lowest BCUT2D eigenvalue weighted by Gasteiger charge is -2.25. The average molecular weight is 429 g/mol. The van der Waals surface area contributed by atoms with Gasteiger partial charge in [-0.1, -0.05) is 33.6 Å². The summed E-state index contributed by atoms with van der Waals surface area (Å²) in [4.78, 5) is 9.20. The summed E-state index contributed by atoms with van der Waals surface area (Å²) in [5.74, 6) is 0. The zero-order chi connectivity index (χ0) is 21.3. The number of ether oxygens (including phenoxy) is 1. The van der Waals surface area contributed by atoms with E-state index in [4.69, 9.17) is 4.74 Å². The summed E-state index contributed by atoms with van der Waals surface area (Å²) in [5.41, 5.74) is 0.985. The van der Waals surface area contributed by atoms with Crippen molar-refractivity contribution in [3.63, 3.8) is 0 Å². The summed E-state index contributed by atoms with van der Waals surface area (Å²) in [6.45, 7) is 13.5. The first-order valence-corrected chi connectivity index (χ1v) is 12.7. The van der Waals surface area contributed by atoms with Gasteiger partial charge in [-0.3, -0.25) is 4.90 Å². The van der Waals surface area contributed by atoms with Gasteiger partial charge in [0.1, 0.15) is 0 Å². The maximum Gasteiger partial charge on any atom is 0.228 e. The molecule has 1 fully saturated rings. The minimum absolute atomic E-state index is 0.260. The number of nitrogens with zero attached hydrogens (tertiary/aromatic N) is 4.